The quantitative estimate of drug-likeness (QED) is 0.745. The van der Waals surface area contributed by atoms with Crippen molar-refractivity contribution in [3.8, 4) is 0 Å². The number of anilines is 1. The lowest BCUT2D eigenvalue weighted by atomic mass is 9.79. The predicted octanol–water partition coefficient (Wildman–Crippen LogP) is 3.02. The minimum atomic E-state index is 0.120. The number of hydrogen-bond donors (Lipinski definition) is 1. The lowest BCUT2D eigenvalue weighted by Gasteiger charge is -2.27. The molecule has 0 aliphatic heterocycles. The van der Waals surface area contributed by atoms with Crippen molar-refractivity contribution >= 4 is 17.4 Å². The Bertz CT molecular complexity index is 358. The van der Waals surface area contributed by atoms with Gasteiger partial charge in [-0.05, 0) is 43.2 Å². The molecule has 1 heterocycles. The lowest BCUT2D eigenvalue weighted by molar-refractivity contribution is 0.489. The molecular weight excluding hydrogens is 208 g/mol. The highest BCUT2D eigenvalue weighted by Crippen LogP contribution is 2.45. The number of nitrogens with zero attached hydrogens (tertiary/aromatic N) is 1. The highest BCUT2D eigenvalue weighted by Gasteiger charge is 2.38. The molecule has 0 saturated heterocycles. The molecule has 2 N–H and O–H groups in total. The number of aryl methyl sites for hydroxylation is 1. The Morgan fingerprint density at radius 2 is 2.33 bits per heavy atom. The van der Waals surface area contributed by atoms with Gasteiger partial charge in [0.1, 0.15) is 5.82 Å². The standard InChI is InChI=1S/C12H17ClN2/c1-8-4-6-15-11(14)10(8)12(2)5-3-9(13)7-12/h4,6,9H,3,5,7H2,1-2H3,(H2,14,15). The monoisotopic (exact) mass is 224 g/mol. The second kappa shape index (κ2) is 3.67. The van der Waals surface area contributed by atoms with Crippen LogP contribution < -0.4 is 5.73 Å². The van der Waals surface area contributed by atoms with Crippen LogP contribution in [-0.2, 0) is 5.41 Å². The van der Waals surface area contributed by atoms with Crippen LogP contribution >= 0.6 is 11.6 Å². The second-order valence-corrected chi connectivity index (χ2v) is 5.41. The van der Waals surface area contributed by atoms with Crippen molar-refractivity contribution in [2.75, 3.05) is 5.73 Å². The first kappa shape index (κ1) is 10.7. The van der Waals surface area contributed by atoms with Crippen molar-refractivity contribution in [3.63, 3.8) is 0 Å². The molecular formula is C12H17ClN2. The molecule has 1 aromatic rings. The highest BCUT2D eigenvalue weighted by atomic mass is 35.5. The van der Waals surface area contributed by atoms with Gasteiger partial charge in [-0.15, -0.1) is 11.6 Å². The van der Waals surface area contributed by atoms with Crippen molar-refractivity contribution in [2.24, 2.45) is 0 Å². The molecule has 2 nitrogen and oxygen atoms in total. The van der Waals surface area contributed by atoms with E-state index < -0.39 is 0 Å². The van der Waals surface area contributed by atoms with E-state index >= 15 is 0 Å². The Hall–Kier alpha value is -0.760. The highest BCUT2D eigenvalue weighted by molar-refractivity contribution is 6.20. The molecule has 82 valence electrons. The topological polar surface area (TPSA) is 38.9 Å². The largest absolute Gasteiger partial charge is 0.383 e. The fraction of sp³-hybridized carbons (Fsp3) is 0.583. The van der Waals surface area contributed by atoms with Gasteiger partial charge >= 0.3 is 0 Å². The second-order valence-electron chi connectivity index (χ2n) is 4.79. The van der Waals surface area contributed by atoms with Crippen molar-refractivity contribution in [2.45, 2.75) is 43.9 Å². The summed E-state index contributed by atoms with van der Waals surface area (Å²) >= 11 is 6.19. The molecule has 0 radical (unpaired) electrons. The summed E-state index contributed by atoms with van der Waals surface area (Å²) in [7, 11) is 0. The molecule has 1 aromatic heterocycles. The molecule has 0 bridgehead atoms. The molecule has 0 spiro atoms. The van der Waals surface area contributed by atoms with E-state index in [2.05, 4.69) is 18.8 Å². The van der Waals surface area contributed by atoms with Crippen LogP contribution in [0.15, 0.2) is 12.3 Å². The fourth-order valence-electron chi connectivity index (χ4n) is 2.76. The molecule has 1 aliphatic rings. The Morgan fingerprint density at radius 1 is 1.60 bits per heavy atom. The summed E-state index contributed by atoms with van der Waals surface area (Å²) in [5.74, 6) is 0.670. The fourth-order valence-corrected chi connectivity index (χ4v) is 3.21. The van der Waals surface area contributed by atoms with Crippen molar-refractivity contribution in [1.29, 1.82) is 0 Å². The summed E-state index contributed by atoms with van der Waals surface area (Å²) in [6, 6.07) is 2.03. The summed E-state index contributed by atoms with van der Waals surface area (Å²) in [6.45, 7) is 4.34. The van der Waals surface area contributed by atoms with Gasteiger partial charge < -0.3 is 5.73 Å². The van der Waals surface area contributed by atoms with E-state index in [0.29, 0.717) is 5.82 Å². The molecule has 0 aromatic carbocycles. The number of alkyl halides is 1. The number of pyridine rings is 1. The predicted molar refractivity (Wildman–Crippen MR) is 64.2 cm³/mol. The first-order valence-electron chi connectivity index (χ1n) is 5.38. The number of nitrogen functional groups attached to an aromatic ring is 1. The van der Waals surface area contributed by atoms with Gasteiger partial charge in [-0.2, -0.15) is 0 Å². The summed E-state index contributed by atoms with van der Waals surface area (Å²) in [6.07, 6.45) is 4.96. The third-order valence-electron chi connectivity index (χ3n) is 3.47. The van der Waals surface area contributed by atoms with Crippen molar-refractivity contribution in [1.82, 2.24) is 4.98 Å². The van der Waals surface area contributed by atoms with Crippen LogP contribution in [0.1, 0.15) is 37.3 Å². The Balaban J connectivity index is 2.45. The van der Waals surface area contributed by atoms with E-state index in [0.717, 1.165) is 19.3 Å². The molecule has 0 amide bonds. The van der Waals surface area contributed by atoms with Crippen LogP contribution in [-0.4, -0.2) is 10.4 Å². The van der Waals surface area contributed by atoms with E-state index in [1.807, 2.05) is 6.07 Å². The maximum atomic E-state index is 6.19. The van der Waals surface area contributed by atoms with Crippen molar-refractivity contribution in [3.05, 3.63) is 23.4 Å². The maximum absolute atomic E-state index is 6.19. The number of halogens is 1. The summed E-state index contributed by atoms with van der Waals surface area (Å²) in [5.41, 5.74) is 8.53. The molecule has 2 rings (SSSR count). The van der Waals surface area contributed by atoms with Crippen LogP contribution in [0, 0.1) is 6.92 Å². The van der Waals surface area contributed by atoms with Gasteiger partial charge in [0.15, 0.2) is 0 Å². The van der Waals surface area contributed by atoms with Crippen LogP contribution in [0.3, 0.4) is 0 Å². The molecule has 2 atom stereocenters. The molecule has 15 heavy (non-hydrogen) atoms. The van der Waals surface area contributed by atoms with Gasteiger partial charge in [-0.3, -0.25) is 0 Å². The van der Waals surface area contributed by atoms with Gasteiger partial charge in [0.25, 0.3) is 0 Å². The molecule has 2 unspecified atom stereocenters. The maximum Gasteiger partial charge on any atom is 0.127 e. The van der Waals surface area contributed by atoms with E-state index in [1.165, 1.54) is 11.1 Å². The number of aromatic nitrogens is 1. The summed E-state index contributed by atoms with van der Waals surface area (Å²) in [4.78, 5) is 4.19. The van der Waals surface area contributed by atoms with Crippen molar-refractivity contribution < 1.29 is 0 Å². The minimum Gasteiger partial charge on any atom is -0.383 e. The smallest absolute Gasteiger partial charge is 0.127 e. The normalized spacial score (nSPS) is 30.7. The first-order chi connectivity index (χ1) is 7.03. The van der Waals surface area contributed by atoms with Gasteiger partial charge in [-0.25, -0.2) is 4.98 Å². The summed E-state index contributed by atoms with van der Waals surface area (Å²) < 4.78 is 0. The first-order valence-corrected chi connectivity index (χ1v) is 5.82. The third-order valence-corrected chi connectivity index (χ3v) is 3.85. The lowest BCUT2D eigenvalue weighted by Crippen LogP contribution is -2.22. The van der Waals surface area contributed by atoms with Crippen LogP contribution in [0.5, 0.6) is 0 Å². The zero-order chi connectivity index (χ0) is 11.1. The number of nitrogens with two attached hydrogens (primary N) is 1. The van der Waals surface area contributed by atoms with E-state index in [1.54, 1.807) is 6.20 Å². The van der Waals surface area contributed by atoms with E-state index in [4.69, 9.17) is 17.3 Å². The average molecular weight is 225 g/mol. The SMILES string of the molecule is Cc1ccnc(N)c1C1(C)CCC(Cl)C1. The minimum absolute atomic E-state index is 0.120. The van der Waals surface area contributed by atoms with E-state index in [9.17, 15) is 0 Å². The number of hydrogen-bond acceptors (Lipinski definition) is 2. The number of rotatable bonds is 1. The van der Waals surface area contributed by atoms with Crippen LogP contribution in [0.2, 0.25) is 0 Å². The zero-order valence-corrected chi connectivity index (χ0v) is 10.0. The van der Waals surface area contributed by atoms with Crippen LogP contribution in [0.4, 0.5) is 5.82 Å². The third kappa shape index (κ3) is 1.83. The molecule has 3 heteroatoms. The van der Waals surface area contributed by atoms with E-state index in [-0.39, 0.29) is 10.8 Å². The van der Waals surface area contributed by atoms with Gasteiger partial charge in [0.2, 0.25) is 0 Å². The molecule has 1 aliphatic carbocycles. The van der Waals surface area contributed by atoms with Crippen LogP contribution in [0.25, 0.3) is 0 Å². The molecule has 1 saturated carbocycles. The zero-order valence-electron chi connectivity index (χ0n) is 9.26. The Morgan fingerprint density at radius 3 is 2.87 bits per heavy atom. The average Bonchev–Trinajstić information content (AvgIpc) is 2.46. The molecule has 1 fully saturated rings. The van der Waals surface area contributed by atoms with Gasteiger partial charge in [-0.1, -0.05) is 6.92 Å². The Kier molecular flexibility index (Phi) is 2.63. The Labute approximate surface area is 95.8 Å². The summed E-state index contributed by atoms with van der Waals surface area (Å²) in [5, 5.41) is 0.286. The van der Waals surface area contributed by atoms with Gasteiger partial charge in [0.05, 0.1) is 0 Å². The van der Waals surface area contributed by atoms with Gasteiger partial charge in [0, 0.05) is 17.1 Å².